The van der Waals surface area contributed by atoms with E-state index in [4.69, 9.17) is 16.3 Å². The van der Waals surface area contributed by atoms with E-state index in [1.807, 2.05) is 31.2 Å². The Labute approximate surface area is 193 Å². The maximum absolute atomic E-state index is 13.3. The predicted molar refractivity (Wildman–Crippen MR) is 127 cm³/mol. The molecule has 168 valence electrons. The summed E-state index contributed by atoms with van der Waals surface area (Å²) in [7, 11) is -2.38. The summed E-state index contributed by atoms with van der Waals surface area (Å²) >= 11 is 5.97. The number of carbonyl (C=O) groups excluding carboxylic acids is 1. The fourth-order valence-electron chi connectivity index (χ4n) is 3.27. The largest absolute Gasteiger partial charge is 0.497 e. The minimum atomic E-state index is -3.97. The molecule has 1 amide bonds. The molecular formula is C24H25ClN2O4S. The van der Waals surface area contributed by atoms with Gasteiger partial charge in [0.1, 0.15) is 12.3 Å². The number of rotatable bonds is 9. The molecule has 0 unspecified atom stereocenters. The molecule has 0 radical (unpaired) electrons. The third-order valence-corrected chi connectivity index (χ3v) is 7.03. The number of benzene rings is 3. The minimum Gasteiger partial charge on any atom is -0.497 e. The first-order chi connectivity index (χ1) is 15.3. The molecule has 6 nitrogen and oxygen atoms in total. The number of halogens is 1. The van der Waals surface area contributed by atoms with Crippen molar-refractivity contribution in [2.45, 2.75) is 24.3 Å². The van der Waals surface area contributed by atoms with Crippen LogP contribution in [0.1, 0.15) is 24.9 Å². The minimum absolute atomic E-state index is 0.102. The zero-order valence-corrected chi connectivity index (χ0v) is 19.4. The van der Waals surface area contributed by atoms with Crippen LogP contribution in [0.3, 0.4) is 0 Å². The van der Waals surface area contributed by atoms with Gasteiger partial charge in [-0.1, -0.05) is 48.9 Å². The maximum atomic E-state index is 13.3. The number of nitrogens with one attached hydrogen (secondary N) is 1. The molecule has 0 saturated heterocycles. The number of hydrogen-bond donors (Lipinski definition) is 1. The molecule has 3 rings (SSSR count). The number of amides is 1. The molecule has 1 atom stereocenters. The zero-order chi connectivity index (χ0) is 23.1. The molecule has 32 heavy (non-hydrogen) atoms. The van der Waals surface area contributed by atoms with Crippen LogP contribution in [0.15, 0.2) is 83.8 Å². The third-order valence-electron chi connectivity index (χ3n) is 4.99. The van der Waals surface area contributed by atoms with Crippen molar-refractivity contribution in [2.24, 2.45) is 0 Å². The Hall–Kier alpha value is -3.03. The molecule has 0 fully saturated rings. The topological polar surface area (TPSA) is 75.7 Å². The lowest BCUT2D eigenvalue weighted by molar-refractivity contribution is -0.120. The van der Waals surface area contributed by atoms with E-state index in [1.165, 1.54) is 12.1 Å². The predicted octanol–water partition coefficient (Wildman–Crippen LogP) is 4.81. The van der Waals surface area contributed by atoms with E-state index < -0.39 is 15.9 Å². The standard InChI is InChI=1S/C24H25ClN2O4S/c1-3-23(18-9-15-21(31-2)16-10-18)26-24(28)17-27(20-13-11-19(25)12-14-20)32(29,30)22-7-5-4-6-8-22/h4-16,23H,3,17H2,1-2H3,(H,26,28)/t23-/m1/s1. The van der Waals surface area contributed by atoms with Crippen molar-refractivity contribution in [2.75, 3.05) is 18.0 Å². The van der Waals surface area contributed by atoms with Crippen LogP contribution in [0.4, 0.5) is 5.69 Å². The van der Waals surface area contributed by atoms with Gasteiger partial charge in [-0.25, -0.2) is 8.42 Å². The first-order valence-electron chi connectivity index (χ1n) is 10.1. The maximum Gasteiger partial charge on any atom is 0.264 e. The first kappa shape index (κ1) is 23.6. The molecule has 0 bridgehead atoms. The summed E-state index contributed by atoms with van der Waals surface area (Å²) in [6.45, 7) is 1.58. The number of nitrogens with zero attached hydrogens (tertiary/aromatic N) is 1. The lowest BCUT2D eigenvalue weighted by Gasteiger charge is -2.26. The van der Waals surface area contributed by atoms with E-state index in [0.717, 1.165) is 15.6 Å². The summed E-state index contributed by atoms with van der Waals surface area (Å²) in [6.07, 6.45) is 0.643. The molecule has 0 saturated carbocycles. The van der Waals surface area contributed by atoms with E-state index in [-0.39, 0.29) is 17.5 Å². The van der Waals surface area contributed by atoms with Crippen LogP contribution < -0.4 is 14.4 Å². The van der Waals surface area contributed by atoms with Crippen LogP contribution in [0, 0.1) is 0 Å². The molecule has 0 heterocycles. The number of ether oxygens (including phenoxy) is 1. The van der Waals surface area contributed by atoms with Gasteiger partial charge in [-0.3, -0.25) is 9.10 Å². The van der Waals surface area contributed by atoms with Crippen molar-refractivity contribution >= 4 is 33.2 Å². The van der Waals surface area contributed by atoms with Gasteiger partial charge >= 0.3 is 0 Å². The zero-order valence-electron chi connectivity index (χ0n) is 17.9. The van der Waals surface area contributed by atoms with Crippen LogP contribution in [-0.4, -0.2) is 28.0 Å². The Morgan fingerprint density at radius 1 is 1.00 bits per heavy atom. The van der Waals surface area contributed by atoms with Crippen molar-refractivity contribution < 1.29 is 17.9 Å². The van der Waals surface area contributed by atoms with E-state index in [1.54, 1.807) is 49.6 Å². The van der Waals surface area contributed by atoms with E-state index >= 15 is 0 Å². The normalized spacial score (nSPS) is 12.1. The van der Waals surface area contributed by atoms with E-state index in [2.05, 4.69) is 5.32 Å². The number of hydrogen-bond acceptors (Lipinski definition) is 4. The van der Waals surface area contributed by atoms with Crippen molar-refractivity contribution in [3.8, 4) is 5.75 Å². The smallest absolute Gasteiger partial charge is 0.264 e. The van der Waals surface area contributed by atoms with Gasteiger partial charge in [0, 0.05) is 5.02 Å². The van der Waals surface area contributed by atoms with E-state index in [9.17, 15) is 13.2 Å². The van der Waals surface area contributed by atoms with Gasteiger partial charge in [-0.05, 0) is 60.5 Å². The molecule has 0 spiro atoms. The molecular weight excluding hydrogens is 448 g/mol. The van der Waals surface area contributed by atoms with Crippen LogP contribution >= 0.6 is 11.6 Å². The average Bonchev–Trinajstić information content (AvgIpc) is 2.82. The highest BCUT2D eigenvalue weighted by Gasteiger charge is 2.27. The molecule has 0 aliphatic carbocycles. The fraction of sp³-hybridized carbons (Fsp3) is 0.208. The Kier molecular flexibility index (Phi) is 7.77. The van der Waals surface area contributed by atoms with Crippen LogP contribution in [0.5, 0.6) is 5.75 Å². The summed E-state index contributed by atoms with van der Waals surface area (Å²) in [6, 6.07) is 21.5. The summed E-state index contributed by atoms with van der Waals surface area (Å²) in [5.74, 6) is 0.305. The Morgan fingerprint density at radius 3 is 2.19 bits per heavy atom. The highest BCUT2D eigenvalue weighted by molar-refractivity contribution is 7.92. The first-order valence-corrected chi connectivity index (χ1v) is 11.9. The van der Waals surface area contributed by atoms with Gasteiger partial charge in [0.05, 0.1) is 23.7 Å². The number of carbonyl (C=O) groups is 1. The second-order valence-electron chi connectivity index (χ2n) is 7.10. The van der Waals surface area contributed by atoms with Gasteiger partial charge in [-0.15, -0.1) is 0 Å². The molecule has 0 aliphatic heterocycles. The summed E-state index contributed by atoms with van der Waals surface area (Å²) in [5.41, 5.74) is 1.26. The van der Waals surface area contributed by atoms with Gasteiger partial charge in [0.15, 0.2) is 0 Å². The van der Waals surface area contributed by atoms with Gasteiger partial charge in [-0.2, -0.15) is 0 Å². The van der Waals surface area contributed by atoms with Crippen molar-refractivity contribution in [1.82, 2.24) is 5.32 Å². The summed E-state index contributed by atoms with van der Waals surface area (Å²) in [5, 5.41) is 3.42. The highest BCUT2D eigenvalue weighted by Crippen LogP contribution is 2.26. The lowest BCUT2D eigenvalue weighted by Crippen LogP contribution is -2.42. The number of sulfonamides is 1. The second kappa shape index (κ2) is 10.5. The molecule has 1 N–H and O–H groups in total. The lowest BCUT2D eigenvalue weighted by atomic mass is 10.0. The average molecular weight is 473 g/mol. The monoisotopic (exact) mass is 472 g/mol. The fourth-order valence-corrected chi connectivity index (χ4v) is 4.84. The Bertz CT molecular complexity index is 1130. The van der Waals surface area contributed by atoms with Crippen LogP contribution in [0.2, 0.25) is 5.02 Å². The van der Waals surface area contributed by atoms with E-state index in [0.29, 0.717) is 17.1 Å². The Morgan fingerprint density at radius 2 is 1.62 bits per heavy atom. The molecule has 3 aromatic carbocycles. The second-order valence-corrected chi connectivity index (χ2v) is 9.40. The molecule has 3 aromatic rings. The number of anilines is 1. The Balaban J connectivity index is 1.86. The van der Waals surface area contributed by atoms with Gasteiger partial charge < -0.3 is 10.1 Å². The SMILES string of the molecule is CC[C@@H](NC(=O)CN(c1ccc(Cl)cc1)S(=O)(=O)c1ccccc1)c1ccc(OC)cc1. The molecule has 8 heteroatoms. The van der Waals surface area contributed by atoms with Gasteiger partial charge in [0.2, 0.25) is 5.91 Å². The summed E-state index contributed by atoms with van der Waals surface area (Å²) in [4.78, 5) is 13.1. The van der Waals surface area contributed by atoms with Crippen molar-refractivity contribution in [3.63, 3.8) is 0 Å². The van der Waals surface area contributed by atoms with Crippen molar-refractivity contribution in [1.29, 1.82) is 0 Å². The van der Waals surface area contributed by atoms with Crippen LogP contribution in [-0.2, 0) is 14.8 Å². The van der Waals surface area contributed by atoms with Gasteiger partial charge in [0.25, 0.3) is 10.0 Å². The molecule has 0 aromatic heterocycles. The molecule has 0 aliphatic rings. The van der Waals surface area contributed by atoms with Crippen LogP contribution in [0.25, 0.3) is 0 Å². The highest BCUT2D eigenvalue weighted by atomic mass is 35.5. The quantitative estimate of drug-likeness (QED) is 0.484. The van der Waals surface area contributed by atoms with Crippen molar-refractivity contribution in [3.05, 3.63) is 89.4 Å². The third kappa shape index (κ3) is 5.60. The summed E-state index contributed by atoms with van der Waals surface area (Å²) < 4.78 is 33.0. The number of methoxy groups -OCH3 is 1.